The number of anilines is 2. The van der Waals surface area contributed by atoms with E-state index in [0.29, 0.717) is 44.0 Å². The molecule has 232 valence electrons. The van der Waals surface area contributed by atoms with Crippen LogP contribution in [0.25, 0.3) is 22.3 Å². The zero-order valence-electron chi connectivity index (χ0n) is 25.9. The van der Waals surface area contributed by atoms with E-state index in [1.807, 2.05) is 33.8 Å². The Balaban J connectivity index is 1.53. The van der Waals surface area contributed by atoms with E-state index in [-0.39, 0.29) is 23.1 Å². The molecule has 1 saturated carbocycles. The maximum atomic E-state index is 13.5. The van der Waals surface area contributed by atoms with Crippen molar-refractivity contribution in [1.82, 2.24) is 5.32 Å². The van der Waals surface area contributed by atoms with Crippen LogP contribution in [0, 0.1) is 11.3 Å². The number of sulfonamides is 1. The third kappa shape index (κ3) is 5.50. The minimum absolute atomic E-state index is 0.0968. The van der Waals surface area contributed by atoms with E-state index < -0.39 is 28.3 Å². The lowest BCUT2D eigenvalue weighted by molar-refractivity contribution is 0.00578. The second-order valence-electron chi connectivity index (χ2n) is 12.6. The van der Waals surface area contributed by atoms with E-state index in [2.05, 4.69) is 11.4 Å². The van der Waals surface area contributed by atoms with Gasteiger partial charge < -0.3 is 19.0 Å². The smallest absolute Gasteiger partial charge is 0.455 e. The van der Waals surface area contributed by atoms with Gasteiger partial charge in [-0.1, -0.05) is 17.7 Å². The van der Waals surface area contributed by atoms with Crippen LogP contribution in [-0.4, -0.2) is 45.9 Å². The molecule has 6 rings (SSSR count). The highest BCUT2D eigenvalue weighted by atomic mass is 35.5. The van der Waals surface area contributed by atoms with Gasteiger partial charge in [0.15, 0.2) is 0 Å². The Labute approximate surface area is 268 Å². The van der Waals surface area contributed by atoms with Gasteiger partial charge in [-0.15, -0.1) is 0 Å². The van der Waals surface area contributed by atoms with Gasteiger partial charge in [-0.25, -0.2) is 12.7 Å². The van der Waals surface area contributed by atoms with Gasteiger partial charge in [0.1, 0.15) is 11.3 Å². The Bertz CT molecular complexity index is 1980. The number of hydrogen-bond donors (Lipinski definition) is 1. The maximum Gasteiger partial charge on any atom is 0.496 e. The molecule has 0 spiro atoms. The minimum atomic E-state index is -3.92. The SMILES string of the molecule is CNC(=O)c1c(-c2ccc(Cl)cc2)oc2cc(N(c3ccc(B4OC(C)(C)C(C)(C)O4)c(C#N)c3)S(C)(=O)=O)c(C3CC3)cc12. The Morgan fingerprint density at radius 3 is 2.24 bits per heavy atom. The van der Waals surface area contributed by atoms with Gasteiger partial charge in [-0.05, 0) is 94.5 Å². The van der Waals surface area contributed by atoms with Crippen LogP contribution in [0.1, 0.15) is 67.9 Å². The highest BCUT2D eigenvalue weighted by Crippen LogP contribution is 2.49. The van der Waals surface area contributed by atoms with E-state index in [1.165, 1.54) is 4.31 Å². The van der Waals surface area contributed by atoms with Gasteiger partial charge in [0.05, 0.1) is 46.0 Å². The number of fused-ring (bicyclic) bond motifs is 1. The van der Waals surface area contributed by atoms with Crippen molar-refractivity contribution in [1.29, 1.82) is 5.26 Å². The second-order valence-corrected chi connectivity index (χ2v) is 14.8. The summed E-state index contributed by atoms with van der Waals surface area (Å²) in [5, 5.41) is 14.0. The van der Waals surface area contributed by atoms with E-state index in [4.69, 9.17) is 25.3 Å². The predicted molar refractivity (Wildman–Crippen MR) is 176 cm³/mol. The quantitative estimate of drug-likeness (QED) is 0.236. The third-order valence-electron chi connectivity index (χ3n) is 8.86. The number of amides is 1. The topological polar surface area (TPSA) is 122 Å². The highest BCUT2D eigenvalue weighted by Gasteiger charge is 2.52. The van der Waals surface area contributed by atoms with Crippen molar-refractivity contribution in [3.8, 4) is 17.4 Å². The van der Waals surface area contributed by atoms with Crippen molar-refractivity contribution in [2.45, 2.75) is 57.7 Å². The van der Waals surface area contributed by atoms with Gasteiger partial charge >= 0.3 is 7.12 Å². The zero-order chi connectivity index (χ0) is 32.5. The molecule has 4 aromatic rings. The Morgan fingerprint density at radius 2 is 1.69 bits per heavy atom. The lowest BCUT2D eigenvalue weighted by Gasteiger charge is -2.32. The number of nitrogens with one attached hydrogen (secondary N) is 1. The number of benzene rings is 3. The fraction of sp³-hybridized carbons (Fsp3) is 0.333. The molecule has 2 aliphatic rings. The molecule has 12 heteroatoms. The summed E-state index contributed by atoms with van der Waals surface area (Å²) >= 11 is 6.11. The lowest BCUT2D eigenvalue weighted by Crippen LogP contribution is -2.41. The Hall–Kier alpha value is -3.82. The van der Waals surface area contributed by atoms with Gasteiger partial charge in [0.25, 0.3) is 5.91 Å². The molecular formula is C33H33BClN3O6S. The van der Waals surface area contributed by atoms with E-state index in [1.54, 1.807) is 55.6 Å². The normalized spacial score (nSPS) is 17.3. The molecule has 1 amide bonds. The Kier molecular flexibility index (Phi) is 7.56. The van der Waals surface area contributed by atoms with Crippen LogP contribution in [0.2, 0.25) is 5.02 Å². The summed E-state index contributed by atoms with van der Waals surface area (Å²) in [4.78, 5) is 13.2. The molecule has 0 atom stereocenters. The van der Waals surface area contributed by atoms with Crippen LogP contribution in [0.3, 0.4) is 0 Å². The molecule has 0 bridgehead atoms. The number of halogens is 1. The highest BCUT2D eigenvalue weighted by molar-refractivity contribution is 7.92. The fourth-order valence-corrected chi connectivity index (χ4v) is 6.79. The number of furan rings is 1. The van der Waals surface area contributed by atoms with E-state index >= 15 is 0 Å². The molecular weight excluding hydrogens is 613 g/mol. The van der Waals surface area contributed by atoms with Crippen LogP contribution < -0.4 is 15.1 Å². The molecule has 45 heavy (non-hydrogen) atoms. The summed E-state index contributed by atoms with van der Waals surface area (Å²) in [5.41, 5.74) is 2.34. The first-order valence-electron chi connectivity index (χ1n) is 14.6. The summed E-state index contributed by atoms with van der Waals surface area (Å²) < 4.78 is 47.0. The van der Waals surface area contributed by atoms with Crippen LogP contribution in [0.4, 0.5) is 11.4 Å². The summed E-state index contributed by atoms with van der Waals surface area (Å²) in [6, 6.07) is 17.6. The molecule has 0 unspecified atom stereocenters. The van der Waals surface area contributed by atoms with Crippen molar-refractivity contribution < 1.29 is 26.9 Å². The van der Waals surface area contributed by atoms with Crippen molar-refractivity contribution in [2.75, 3.05) is 17.6 Å². The van der Waals surface area contributed by atoms with Crippen LogP contribution in [0.15, 0.2) is 59.0 Å². The number of nitriles is 1. The molecule has 9 nitrogen and oxygen atoms in total. The average molecular weight is 646 g/mol. The summed E-state index contributed by atoms with van der Waals surface area (Å²) in [6.07, 6.45) is 2.87. The fourth-order valence-electron chi connectivity index (χ4n) is 5.65. The van der Waals surface area contributed by atoms with Gasteiger partial charge in [0, 0.05) is 34.5 Å². The van der Waals surface area contributed by atoms with Crippen molar-refractivity contribution >= 4 is 62.5 Å². The van der Waals surface area contributed by atoms with Crippen molar-refractivity contribution in [3.05, 3.63) is 76.3 Å². The molecule has 1 N–H and O–H groups in total. The number of nitrogens with zero attached hydrogens (tertiary/aromatic N) is 2. The molecule has 1 aromatic heterocycles. The first kappa shape index (κ1) is 31.2. The standard InChI is InChI=1S/C33H33BClN3O6S/c1-32(2)33(3,4)44-34(43-32)26-14-13-23(15-21(26)18-36)38(45(6,40)41)27-17-28-25(16-24(27)19-7-8-19)29(31(39)37-5)30(42-28)20-9-11-22(35)12-10-20/h9-17,19H,7-8H2,1-6H3,(H,37,39). The molecule has 0 radical (unpaired) electrons. The van der Waals surface area contributed by atoms with Crippen molar-refractivity contribution in [3.63, 3.8) is 0 Å². The molecule has 2 fully saturated rings. The number of rotatable bonds is 7. The largest absolute Gasteiger partial charge is 0.496 e. The summed E-state index contributed by atoms with van der Waals surface area (Å²) in [5.74, 6) is 0.119. The van der Waals surface area contributed by atoms with Gasteiger partial charge in [0.2, 0.25) is 10.0 Å². The molecule has 3 aromatic carbocycles. The van der Waals surface area contributed by atoms with Gasteiger partial charge in [-0.2, -0.15) is 5.26 Å². The van der Waals surface area contributed by atoms with E-state index in [9.17, 15) is 18.5 Å². The zero-order valence-corrected chi connectivity index (χ0v) is 27.5. The molecule has 2 heterocycles. The summed E-state index contributed by atoms with van der Waals surface area (Å²) in [7, 11) is -3.16. The van der Waals surface area contributed by atoms with Crippen LogP contribution in [-0.2, 0) is 19.3 Å². The predicted octanol–water partition coefficient (Wildman–Crippen LogP) is 6.26. The number of carbonyl (C=O) groups excluding carboxylic acids is 1. The molecule has 1 aliphatic heterocycles. The second kappa shape index (κ2) is 10.9. The monoisotopic (exact) mass is 645 g/mol. The maximum absolute atomic E-state index is 13.5. The molecule has 1 saturated heterocycles. The van der Waals surface area contributed by atoms with Crippen LogP contribution in [0.5, 0.6) is 0 Å². The molecule has 1 aliphatic carbocycles. The lowest BCUT2D eigenvalue weighted by atomic mass is 9.76. The summed E-state index contributed by atoms with van der Waals surface area (Å²) in [6.45, 7) is 7.71. The third-order valence-corrected chi connectivity index (χ3v) is 10.2. The Morgan fingerprint density at radius 1 is 1.04 bits per heavy atom. The minimum Gasteiger partial charge on any atom is -0.455 e. The van der Waals surface area contributed by atoms with Gasteiger partial charge in [-0.3, -0.25) is 4.79 Å². The number of hydrogen-bond acceptors (Lipinski definition) is 7. The first-order valence-corrected chi connectivity index (χ1v) is 16.9. The first-order chi connectivity index (χ1) is 21.1. The average Bonchev–Trinajstić information content (AvgIpc) is 3.71. The van der Waals surface area contributed by atoms with Crippen LogP contribution >= 0.6 is 11.6 Å². The number of carbonyl (C=O) groups is 1. The van der Waals surface area contributed by atoms with Crippen molar-refractivity contribution in [2.24, 2.45) is 0 Å². The van der Waals surface area contributed by atoms with E-state index in [0.717, 1.165) is 24.7 Å².